The van der Waals surface area contributed by atoms with Crippen LogP contribution < -0.4 is 10.6 Å². The number of nitrogens with one attached hydrogen (secondary N) is 2. The maximum atomic E-state index is 14.3. The maximum Gasteiger partial charge on any atom is 0.326 e. The van der Waals surface area contributed by atoms with Crippen LogP contribution in [0.15, 0.2) is 42.5 Å². The number of fused-ring (bicyclic) bond motifs is 1. The lowest BCUT2D eigenvalue weighted by Gasteiger charge is -2.19. The van der Waals surface area contributed by atoms with Gasteiger partial charge >= 0.3 is 5.97 Å². The molecule has 6 nitrogen and oxygen atoms in total. The summed E-state index contributed by atoms with van der Waals surface area (Å²) < 4.78 is 14.3. The van der Waals surface area contributed by atoms with Gasteiger partial charge in [-0.2, -0.15) is 0 Å². The van der Waals surface area contributed by atoms with E-state index in [2.05, 4.69) is 10.6 Å². The molecule has 2 aromatic carbocycles. The summed E-state index contributed by atoms with van der Waals surface area (Å²) in [4.78, 5) is 35.3. The number of hydrogen-bond acceptors (Lipinski definition) is 3. The largest absolute Gasteiger partial charge is 0.480 e. The molecule has 0 aliphatic carbocycles. The van der Waals surface area contributed by atoms with Crippen molar-refractivity contribution in [3.05, 3.63) is 65.0 Å². The minimum Gasteiger partial charge on any atom is -0.480 e. The summed E-state index contributed by atoms with van der Waals surface area (Å²) in [6, 6.07) is 10.1. The second kappa shape index (κ2) is 7.35. The molecule has 0 unspecified atom stereocenters. The van der Waals surface area contributed by atoms with Gasteiger partial charge in [0.25, 0.3) is 5.91 Å². The summed E-state index contributed by atoms with van der Waals surface area (Å²) in [6.45, 7) is 0. The second-order valence-corrected chi connectivity index (χ2v) is 6.09. The van der Waals surface area contributed by atoms with Crippen molar-refractivity contribution in [2.24, 2.45) is 0 Å². The fourth-order valence-corrected chi connectivity index (χ4v) is 2.86. The van der Waals surface area contributed by atoms with Gasteiger partial charge in [0.1, 0.15) is 11.9 Å². The molecule has 3 rings (SSSR count). The summed E-state index contributed by atoms with van der Waals surface area (Å²) in [5.74, 6) is -3.02. The van der Waals surface area contributed by atoms with Gasteiger partial charge < -0.3 is 15.7 Å². The van der Waals surface area contributed by atoms with E-state index in [-0.39, 0.29) is 24.3 Å². The summed E-state index contributed by atoms with van der Waals surface area (Å²) in [5, 5.41) is 14.3. The number of hydrogen-bond donors (Lipinski definition) is 3. The smallest absolute Gasteiger partial charge is 0.326 e. The number of rotatable bonds is 5. The molecule has 0 radical (unpaired) electrons. The number of carboxylic acids is 1. The van der Waals surface area contributed by atoms with Gasteiger partial charge in [-0.05, 0) is 29.7 Å². The molecule has 2 amide bonds. The first-order chi connectivity index (χ1) is 12.4. The second-order valence-electron chi connectivity index (χ2n) is 6.09. The molecule has 1 heterocycles. The minimum absolute atomic E-state index is 0.0878. The predicted octanol–water partition coefficient (Wildman–Crippen LogP) is 2.14. The molecule has 0 bridgehead atoms. The van der Waals surface area contributed by atoms with E-state index in [1.165, 1.54) is 6.07 Å². The van der Waals surface area contributed by atoms with Gasteiger partial charge in [-0.25, -0.2) is 9.18 Å². The molecule has 2 aromatic rings. The normalized spacial score (nSPS) is 14.1. The van der Waals surface area contributed by atoms with E-state index in [0.29, 0.717) is 17.7 Å². The van der Waals surface area contributed by atoms with Gasteiger partial charge in [0.05, 0.1) is 5.56 Å². The highest BCUT2D eigenvalue weighted by Gasteiger charge is 2.25. The number of carbonyl (C=O) groups is 3. The zero-order chi connectivity index (χ0) is 18.7. The van der Waals surface area contributed by atoms with Crippen LogP contribution in [0.5, 0.6) is 0 Å². The molecule has 3 N–H and O–H groups in total. The lowest BCUT2D eigenvalue weighted by atomic mass is 9.99. The highest BCUT2D eigenvalue weighted by Crippen LogP contribution is 2.26. The Morgan fingerprint density at radius 1 is 1.19 bits per heavy atom. The van der Waals surface area contributed by atoms with Crippen molar-refractivity contribution in [1.82, 2.24) is 5.32 Å². The number of carbonyl (C=O) groups excluding carboxylic acids is 2. The number of carboxylic acid groups (broad SMARTS) is 1. The molecule has 0 saturated heterocycles. The van der Waals surface area contributed by atoms with Gasteiger partial charge in [0, 0.05) is 18.5 Å². The third kappa shape index (κ3) is 3.88. The van der Waals surface area contributed by atoms with Crippen LogP contribution in [0.1, 0.15) is 27.9 Å². The Balaban J connectivity index is 1.79. The van der Waals surface area contributed by atoms with Crippen molar-refractivity contribution in [1.29, 1.82) is 0 Å². The van der Waals surface area contributed by atoms with Crippen molar-refractivity contribution in [3.63, 3.8) is 0 Å². The van der Waals surface area contributed by atoms with Crippen molar-refractivity contribution in [3.8, 4) is 0 Å². The molecular formula is C19H17FN2O4. The first kappa shape index (κ1) is 17.6. The first-order valence-corrected chi connectivity index (χ1v) is 8.14. The fourth-order valence-electron chi connectivity index (χ4n) is 2.86. The lowest BCUT2D eigenvalue weighted by molar-refractivity contribution is -0.139. The Kier molecular flexibility index (Phi) is 4.97. The molecule has 0 spiro atoms. The molecule has 1 atom stereocenters. The number of aliphatic carboxylic acids is 1. The molecule has 7 heteroatoms. The molecular weight excluding hydrogens is 339 g/mol. The molecule has 26 heavy (non-hydrogen) atoms. The zero-order valence-electron chi connectivity index (χ0n) is 13.8. The average molecular weight is 356 g/mol. The summed E-state index contributed by atoms with van der Waals surface area (Å²) in [5.41, 5.74) is 1.49. The Labute approximate surface area is 149 Å². The Bertz CT molecular complexity index is 867. The SMILES string of the molecule is O=C1CCc2cc(C(=O)N[C@H](Cc3ccccc3)C(=O)O)c(F)cc2N1. The number of amides is 2. The van der Waals surface area contributed by atoms with E-state index in [4.69, 9.17) is 0 Å². The van der Waals surface area contributed by atoms with Crippen molar-refractivity contribution < 1.29 is 23.9 Å². The average Bonchev–Trinajstić information content (AvgIpc) is 2.61. The number of aryl methyl sites for hydroxylation is 1. The van der Waals surface area contributed by atoms with E-state index in [1.807, 2.05) is 0 Å². The Morgan fingerprint density at radius 3 is 2.62 bits per heavy atom. The highest BCUT2D eigenvalue weighted by molar-refractivity contribution is 5.99. The van der Waals surface area contributed by atoms with E-state index < -0.39 is 23.7 Å². The van der Waals surface area contributed by atoms with Crippen LogP contribution in [-0.4, -0.2) is 28.9 Å². The topological polar surface area (TPSA) is 95.5 Å². The standard InChI is InChI=1S/C19H17FN2O4/c20-14-10-15-12(6-7-17(23)21-15)9-13(14)18(24)22-16(19(25)26)8-11-4-2-1-3-5-11/h1-5,9-10,16H,6-8H2,(H,21,23)(H,22,24)(H,25,26)/t16-/m1/s1. The zero-order valence-corrected chi connectivity index (χ0v) is 13.8. The number of halogens is 1. The van der Waals surface area contributed by atoms with Gasteiger partial charge in [-0.15, -0.1) is 0 Å². The summed E-state index contributed by atoms with van der Waals surface area (Å²) in [6.07, 6.45) is 0.740. The van der Waals surface area contributed by atoms with Gasteiger partial charge in [-0.1, -0.05) is 30.3 Å². The molecule has 0 fully saturated rings. The number of benzene rings is 2. The van der Waals surface area contributed by atoms with Gasteiger partial charge in [0.2, 0.25) is 5.91 Å². The maximum absolute atomic E-state index is 14.3. The van der Waals surface area contributed by atoms with Crippen molar-refractivity contribution in [2.45, 2.75) is 25.3 Å². The fraction of sp³-hybridized carbons (Fsp3) is 0.211. The third-order valence-electron chi connectivity index (χ3n) is 4.22. The van der Waals surface area contributed by atoms with E-state index >= 15 is 0 Å². The van der Waals surface area contributed by atoms with Crippen molar-refractivity contribution in [2.75, 3.05) is 5.32 Å². The monoisotopic (exact) mass is 356 g/mol. The Morgan fingerprint density at radius 2 is 1.92 bits per heavy atom. The van der Waals surface area contributed by atoms with Crippen LogP contribution in [0.2, 0.25) is 0 Å². The highest BCUT2D eigenvalue weighted by atomic mass is 19.1. The summed E-state index contributed by atoms with van der Waals surface area (Å²) in [7, 11) is 0. The minimum atomic E-state index is -1.20. The third-order valence-corrected chi connectivity index (χ3v) is 4.22. The van der Waals surface area contributed by atoms with Crippen LogP contribution in [0.4, 0.5) is 10.1 Å². The van der Waals surface area contributed by atoms with Crippen LogP contribution >= 0.6 is 0 Å². The molecule has 134 valence electrons. The van der Waals surface area contributed by atoms with Gasteiger partial charge in [0.15, 0.2) is 0 Å². The number of anilines is 1. The molecule has 0 saturated carbocycles. The molecule has 1 aliphatic heterocycles. The van der Waals surface area contributed by atoms with E-state index in [0.717, 1.165) is 11.6 Å². The Hall–Kier alpha value is -3.22. The quantitative estimate of drug-likeness (QED) is 0.765. The van der Waals surface area contributed by atoms with Gasteiger partial charge in [-0.3, -0.25) is 9.59 Å². The van der Waals surface area contributed by atoms with Crippen LogP contribution in [-0.2, 0) is 22.4 Å². The first-order valence-electron chi connectivity index (χ1n) is 8.14. The predicted molar refractivity (Wildman–Crippen MR) is 92.4 cm³/mol. The van der Waals surface area contributed by atoms with Crippen LogP contribution in [0.3, 0.4) is 0 Å². The molecule has 1 aliphatic rings. The van der Waals surface area contributed by atoms with Crippen LogP contribution in [0.25, 0.3) is 0 Å². The lowest BCUT2D eigenvalue weighted by Crippen LogP contribution is -2.42. The van der Waals surface area contributed by atoms with Crippen molar-refractivity contribution >= 4 is 23.5 Å². The van der Waals surface area contributed by atoms with E-state index in [1.54, 1.807) is 30.3 Å². The van der Waals surface area contributed by atoms with Crippen LogP contribution in [0, 0.1) is 5.82 Å². The summed E-state index contributed by atoms with van der Waals surface area (Å²) >= 11 is 0. The van der Waals surface area contributed by atoms with E-state index in [9.17, 15) is 23.9 Å². The molecule has 0 aromatic heterocycles.